The molecule has 1 heterocycles. The Morgan fingerprint density at radius 1 is 1.59 bits per heavy atom. The molecule has 1 aromatic rings. The third kappa shape index (κ3) is 3.34. The third-order valence-corrected chi connectivity index (χ3v) is 3.24. The molecule has 0 bridgehead atoms. The summed E-state index contributed by atoms with van der Waals surface area (Å²) in [6, 6.07) is 0.396. The van der Waals surface area contributed by atoms with E-state index in [2.05, 4.69) is 50.2 Å². The molecule has 17 heavy (non-hydrogen) atoms. The molecule has 0 saturated heterocycles. The molecule has 0 amide bonds. The van der Waals surface area contributed by atoms with Crippen LogP contribution in [0.1, 0.15) is 51.4 Å². The summed E-state index contributed by atoms with van der Waals surface area (Å²) >= 11 is 0. The van der Waals surface area contributed by atoms with E-state index in [0.29, 0.717) is 6.04 Å². The molecular formula is C14H23N3. The molecule has 1 N–H and O–H groups in total. The Kier molecular flexibility index (Phi) is 4.36. The molecule has 3 nitrogen and oxygen atoms in total. The van der Waals surface area contributed by atoms with Gasteiger partial charge in [-0.05, 0) is 34.1 Å². The van der Waals surface area contributed by atoms with E-state index in [9.17, 15) is 0 Å². The van der Waals surface area contributed by atoms with Crippen molar-refractivity contribution in [3.63, 3.8) is 0 Å². The number of nitrogens with zero attached hydrogens (tertiary/aromatic N) is 2. The minimum absolute atomic E-state index is 0.230. The zero-order valence-corrected chi connectivity index (χ0v) is 11.5. The fourth-order valence-electron chi connectivity index (χ4n) is 1.53. The molecule has 0 saturated carbocycles. The first-order valence-corrected chi connectivity index (χ1v) is 6.19. The summed E-state index contributed by atoms with van der Waals surface area (Å²) < 4.78 is 1.99. The van der Waals surface area contributed by atoms with Crippen LogP contribution in [0.5, 0.6) is 0 Å². The highest BCUT2D eigenvalue weighted by Crippen LogP contribution is 2.13. The second kappa shape index (κ2) is 5.37. The summed E-state index contributed by atoms with van der Waals surface area (Å²) in [6.45, 7) is 11.2. The lowest BCUT2D eigenvalue weighted by atomic mass is 10.00. The monoisotopic (exact) mass is 233 g/mol. The molecule has 0 radical (unpaired) electrons. The summed E-state index contributed by atoms with van der Waals surface area (Å²) in [5.74, 6) is 2.81. The van der Waals surface area contributed by atoms with E-state index in [1.54, 1.807) is 0 Å². The van der Waals surface area contributed by atoms with Crippen molar-refractivity contribution in [3.8, 4) is 12.3 Å². The lowest BCUT2D eigenvalue weighted by molar-refractivity contribution is 0.437. The predicted molar refractivity (Wildman–Crippen MR) is 71.7 cm³/mol. The van der Waals surface area contributed by atoms with Crippen molar-refractivity contribution in [2.45, 2.75) is 59.2 Å². The van der Waals surface area contributed by atoms with Gasteiger partial charge in [-0.1, -0.05) is 12.8 Å². The van der Waals surface area contributed by atoms with Gasteiger partial charge in [-0.2, -0.15) is 5.10 Å². The molecule has 0 unspecified atom stereocenters. The summed E-state index contributed by atoms with van der Waals surface area (Å²) in [4.78, 5) is 0. The molecule has 1 atom stereocenters. The zero-order chi connectivity index (χ0) is 13.1. The van der Waals surface area contributed by atoms with Crippen LogP contribution < -0.4 is 5.32 Å². The summed E-state index contributed by atoms with van der Waals surface area (Å²) in [5, 5.41) is 7.90. The Morgan fingerprint density at radius 3 is 2.65 bits per heavy atom. The minimum atomic E-state index is -0.230. The van der Waals surface area contributed by atoms with Crippen LogP contribution in [0.25, 0.3) is 0 Å². The Morgan fingerprint density at radius 2 is 2.24 bits per heavy atom. The van der Waals surface area contributed by atoms with Crippen LogP contribution in [0.15, 0.2) is 6.20 Å². The number of nitrogens with one attached hydrogen (secondary N) is 1. The second-order valence-corrected chi connectivity index (χ2v) is 5.00. The molecule has 94 valence electrons. The SMILES string of the molecule is C#C[C@](C)(CC)NCc1cn(C(C)C)nc1C. The average Bonchev–Trinajstić information content (AvgIpc) is 2.68. The van der Waals surface area contributed by atoms with Crippen LogP contribution in [0, 0.1) is 19.3 Å². The minimum Gasteiger partial charge on any atom is -0.297 e. The Hall–Kier alpha value is -1.27. The number of hydrogen-bond donors (Lipinski definition) is 1. The Labute approximate surface area is 105 Å². The average molecular weight is 233 g/mol. The normalized spacial score (nSPS) is 14.6. The van der Waals surface area contributed by atoms with E-state index in [-0.39, 0.29) is 5.54 Å². The standard InChI is InChI=1S/C14H23N3/c1-7-14(6,8-2)15-9-13-10-17(11(3)4)16-12(13)5/h1,10-11,15H,8-9H2,2-6H3/t14-/m1/s1. The molecule has 0 aliphatic carbocycles. The van der Waals surface area contributed by atoms with E-state index >= 15 is 0 Å². The van der Waals surface area contributed by atoms with Crippen LogP contribution in [0.2, 0.25) is 0 Å². The molecule has 1 aromatic heterocycles. The van der Waals surface area contributed by atoms with Crippen molar-refractivity contribution in [3.05, 3.63) is 17.5 Å². The highest BCUT2D eigenvalue weighted by Gasteiger charge is 2.18. The molecule has 0 aliphatic rings. The van der Waals surface area contributed by atoms with E-state index in [0.717, 1.165) is 18.7 Å². The number of hydrogen-bond acceptors (Lipinski definition) is 2. The van der Waals surface area contributed by atoms with Gasteiger partial charge in [-0.25, -0.2) is 0 Å². The molecule has 0 aliphatic heterocycles. The van der Waals surface area contributed by atoms with Crippen molar-refractivity contribution in [1.82, 2.24) is 15.1 Å². The van der Waals surface area contributed by atoms with Crippen molar-refractivity contribution >= 4 is 0 Å². The Balaban J connectivity index is 2.73. The zero-order valence-electron chi connectivity index (χ0n) is 11.5. The topological polar surface area (TPSA) is 29.9 Å². The maximum atomic E-state index is 5.54. The molecule has 0 fully saturated rings. The summed E-state index contributed by atoms with van der Waals surface area (Å²) in [6.07, 6.45) is 8.55. The summed E-state index contributed by atoms with van der Waals surface area (Å²) in [5.41, 5.74) is 2.06. The van der Waals surface area contributed by atoms with Gasteiger partial charge in [-0.15, -0.1) is 6.42 Å². The van der Waals surface area contributed by atoms with E-state index < -0.39 is 0 Å². The number of terminal acetylenes is 1. The first-order chi connectivity index (χ1) is 7.91. The number of aryl methyl sites for hydroxylation is 1. The van der Waals surface area contributed by atoms with Crippen LogP contribution >= 0.6 is 0 Å². The van der Waals surface area contributed by atoms with Gasteiger partial charge in [0, 0.05) is 24.3 Å². The van der Waals surface area contributed by atoms with Crippen molar-refractivity contribution < 1.29 is 0 Å². The molecule has 0 aromatic carbocycles. The van der Waals surface area contributed by atoms with Gasteiger partial charge in [-0.3, -0.25) is 10.00 Å². The highest BCUT2D eigenvalue weighted by atomic mass is 15.3. The lowest BCUT2D eigenvalue weighted by Gasteiger charge is -2.23. The van der Waals surface area contributed by atoms with Crippen molar-refractivity contribution in [1.29, 1.82) is 0 Å². The van der Waals surface area contributed by atoms with Gasteiger partial charge in [0.05, 0.1) is 11.2 Å². The molecular weight excluding hydrogens is 210 g/mol. The van der Waals surface area contributed by atoms with E-state index in [4.69, 9.17) is 6.42 Å². The first kappa shape index (κ1) is 13.8. The quantitative estimate of drug-likeness (QED) is 0.792. The Bertz CT molecular complexity index is 412. The first-order valence-electron chi connectivity index (χ1n) is 6.19. The maximum Gasteiger partial charge on any atom is 0.0769 e. The van der Waals surface area contributed by atoms with Crippen LogP contribution in [-0.2, 0) is 6.54 Å². The van der Waals surface area contributed by atoms with Gasteiger partial charge in [0.25, 0.3) is 0 Å². The fraction of sp³-hybridized carbons (Fsp3) is 0.643. The van der Waals surface area contributed by atoms with Gasteiger partial charge in [0.2, 0.25) is 0 Å². The van der Waals surface area contributed by atoms with Gasteiger partial charge in [0.15, 0.2) is 0 Å². The maximum absolute atomic E-state index is 5.54. The van der Waals surface area contributed by atoms with Gasteiger partial charge in [0.1, 0.15) is 0 Å². The predicted octanol–water partition coefficient (Wildman–Crippen LogP) is 2.66. The van der Waals surface area contributed by atoms with Crippen LogP contribution in [0.4, 0.5) is 0 Å². The van der Waals surface area contributed by atoms with Crippen LogP contribution in [-0.4, -0.2) is 15.3 Å². The smallest absolute Gasteiger partial charge is 0.0769 e. The highest BCUT2D eigenvalue weighted by molar-refractivity contribution is 5.18. The third-order valence-electron chi connectivity index (χ3n) is 3.24. The largest absolute Gasteiger partial charge is 0.297 e. The van der Waals surface area contributed by atoms with E-state index in [1.807, 2.05) is 11.6 Å². The van der Waals surface area contributed by atoms with Crippen LogP contribution in [0.3, 0.4) is 0 Å². The van der Waals surface area contributed by atoms with Gasteiger partial charge < -0.3 is 0 Å². The van der Waals surface area contributed by atoms with Gasteiger partial charge >= 0.3 is 0 Å². The number of rotatable bonds is 5. The second-order valence-electron chi connectivity index (χ2n) is 5.00. The molecule has 0 spiro atoms. The van der Waals surface area contributed by atoms with Crippen molar-refractivity contribution in [2.75, 3.05) is 0 Å². The fourth-order valence-corrected chi connectivity index (χ4v) is 1.53. The molecule has 3 heteroatoms. The summed E-state index contributed by atoms with van der Waals surface area (Å²) in [7, 11) is 0. The number of aromatic nitrogens is 2. The van der Waals surface area contributed by atoms with Crippen molar-refractivity contribution in [2.24, 2.45) is 0 Å². The lowest BCUT2D eigenvalue weighted by Crippen LogP contribution is -2.39. The van der Waals surface area contributed by atoms with E-state index in [1.165, 1.54) is 5.56 Å². The molecule has 1 rings (SSSR count).